The van der Waals surface area contributed by atoms with Gasteiger partial charge in [-0.1, -0.05) is 35.9 Å². The maximum absolute atomic E-state index is 12.5. The fourth-order valence-electron chi connectivity index (χ4n) is 4.88. The van der Waals surface area contributed by atoms with Crippen molar-refractivity contribution in [3.63, 3.8) is 0 Å². The van der Waals surface area contributed by atoms with Gasteiger partial charge in [-0.2, -0.15) is 0 Å². The number of nitrogens with zero attached hydrogens (tertiary/aromatic N) is 3. The average Bonchev–Trinajstić information content (AvgIpc) is 3.17. The van der Waals surface area contributed by atoms with Crippen LogP contribution >= 0.6 is 0 Å². The fourth-order valence-corrected chi connectivity index (χ4v) is 4.88. The topological polar surface area (TPSA) is 51.3 Å². The van der Waals surface area contributed by atoms with Crippen LogP contribution in [0.3, 0.4) is 0 Å². The van der Waals surface area contributed by atoms with Crippen LogP contribution in [0.1, 0.15) is 28.4 Å². The van der Waals surface area contributed by atoms with Crippen molar-refractivity contribution in [3.8, 4) is 0 Å². The summed E-state index contributed by atoms with van der Waals surface area (Å²) >= 11 is 0. The Kier molecular flexibility index (Phi) is 4.18. The highest BCUT2D eigenvalue weighted by Crippen LogP contribution is 2.37. The van der Waals surface area contributed by atoms with E-state index in [-0.39, 0.29) is 11.5 Å². The number of hydrogen-bond donors (Lipinski definition) is 0. The highest BCUT2D eigenvalue weighted by molar-refractivity contribution is 5.83. The van der Waals surface area contributed by atoms with Gasteiger partial charge in [0.2, 0.25) is 0 Å². The maximum Gasteiger partial charge on any atom is 0.336 e. The Labute approximate surface area is 185 Å². The minimum Gasteiger partial charge on any atom is -0.423 e. The minimum atomic E-state index is -0.327. The Morgan fingerprint density at radius 2 is 1.78 bits per heavy atom. The van der Waals surface area contributed by atoms with Crippen molar-refractivity contribution in [1.29, 1.82) is 0 Å². The van der Waals surface area contributed by atoms with Crippen molar-refractivity contribution in [2.75, 3.05) is 11.4 Å². The van der Waals surface area contributed by atoms with Gasteiger partial charge in [-0.3, -0.25) is 0 Å². The Morgan fingerprint density at radius 3 is 2.66 bits per heavy atom. The highest BCUT2D eigenvalue weighted by Gasteiger charge is 2.31. The third-order valence-corrected chi connectivity index (χ3v) is 6.38. The van der Waals surface area contributed by atoms with Crippen molar-refractivity contribution < 1.29 is 4.42 Å². The van der Waals surface area contributed by atoms with E-state index in [1.54, 1.807) is 6.07 Å². The van der Waals surface area contributed by atoms with Gasteiger partial charge in [0, 0.05) is 23.7 Å². The molecule has 158 valence electrons. The van der Waals surface area contributed by atoms with Crippen LogP contribution in [0, 0.1) is 13.8 Å². The molecule has 0 saturated heterocycles. The van der Waals surface area contributed by atoms with Gasteiger partial charge in [0.15, 0.2) is 0 Å². The average molecular weight is 422 g/mol. The lowest BCUT2D eigenvalue weighted by Gasteiger charge is -2.36. The van der Waals surface area contributed by atoms with E-state index in [1.807, 2.05) is 24.3 Å². The first-order valence-corrected chi connectivity index (χ1v) is 10.9. The molecular weight excluding hydrogens is 398 g/mol. The zero-order chi connectivity index (χ0) is 21.8. The van der Waals surface area contributed by atoms with Crippen molar-refractivity contribution >= 4 is 27.7 Å². The molecule has 2 aromatic heterocycles. The highest BCUT2D eigenvalue weighted by atomic mass is 16.4. The number of fused-ring (bicyclic) bond motifs is 4. The molecule has 5 nitrogen and oxygen atoms in total. The standard InChI is InChI=1S/C27H23N3O2/c1-17-6-5-7-19(12-17)29-15-22(27-28-23-8-3-4-9-24(23)30(27)16-29)20-14-26(31)32-25-11-10-18(2)13-21(20)25/h3-14,22H,15-16H2,1-2H3. The molecular formula is C27H23N3O2. The molecule has 5 aromatic rings. The summed E-state index contributed by atoms with van der Waals surface area (Å²) in [4.78, 5) is 19.9. The molecule has 32 heavy (non-hydrogen) atoms. The molecule has 0 aliphatic carbocycles. The molecule has 3 heterocycles. The molecule has 0 bridgehead atoms. The number of para-hydroxylation sites is 2. The van der Waals surface area contributed by atoms with Crippen LogP contribution in [0.5, 0.6) is 0 Å². The lowest BCUT2D eigenvalue weighted by molar-refractivity contribution is 0.516. The van der Waals surface area contributed by atoms with Gasteiger partial charge in [0.05, 0.1) is 23.6 Å². The molecule has 0 radical (unpaired) electrons. The summed E-state index contributed by atoms with van der Waals surface area (Å²) in [6.07, 6.45) is 0. The molecule has 0 N–H and O–H groups in total. The molecule has 1 aliphatic heterocycles. The van der Waals surface area contributed by atoms with Gasteiger partial charge < -0.3 is 13.9 Å². The van der Waals surface area contributed by atoms with E-state index >= 15 is 0 Å². The third kappa shape index (κ3) is 3.01. The Balaban J connectivity index is 1.61. The van der Waals surface area contributed by atoms with Crippen LogP contribution in [0.2, 0.25) is 0 Å². The zero-order valence-corrected chi connectivity index (χ0v) is 18.1. The quantitative estimate of drug-likeness (QED) is 0.360. The summed E-state index contributed by atoms with van der Waals surface area (Å²) in [5.74, 6) is 0.925. The van der Waals surface area contributed by atoms with Gasteiger partial charge in [-0.15, -0.1) is 0 Å². The summed E-state index contributed by atoms with van der Waals surface area (Å²) in [5.41, 5.74) is 6.86. The Bertz CT molecular complexity index is 1550. The van der Waals surface area contributed by atoms with Gasteiger partial charge >= 0.3 is 5.63 Å². The summed E-state index contributed by atoms with van der Waals surface area (Å²) in [6.45, 7) is 5.62. The summed E-state index contributed by atoms with van der Waals surface area (Å²) < 4.78 is 7.81. The smallest absolute Gasteiger partial charge is 0.336 e. The largest absolute Gasteiger partial charge is 0.423 e. The zero-order valence-electron chi connectivity index (χ0n) is 18.1. The van der Waals surface area contributed by atoms with E-state index < -0.39 is 0 Å². The normalized spacial score (nSPS) is 15.9. The number of anilines is 1. The Morgan fingerprint density at radius 1 is 0.938 bits per heavy atom. The van der Waals surface area contributed by atoms with Crippen LogP contribution < -0.4 is 10.5 Å². The predicted octanol–water partition coefficient (Wildman–Crippen LogP) is 5.37. The lowest BCUT2D eigenvalue weighted by atomic mass is 9.92. The van der Waals surface area contributed by atoms with E-state index in [9.17, 15) is 4.79 Å². The van der Waals surface area contributed by atoms with Crippen molar-refractivity contribution in [2.45, 2.75) is 26.4 Å². The van der Waals surface area contributed by atoms with E-state index in [2.05, 4.69) is 65.8 Å². The number of rotatable bonds is 2. The number of hydrogen-bond acceptors (Lipinski definition) is 4. The molecule has 0 amide bonds. The fraction of sp³-hybridized carbons (Fsp3) is 0.185. The molecule has 0 saturated carbocycles. The van der Waals surface area contributed by atoms with Gasteiger partial charge in [-0.05, 0) is 61.4 Å². The first-order chi connectivity index (χ1) is 15.6. The van der Waals surface area contributed by atoms with Crippen LogP contribution in [0.25, 0.3) is 22.0 Å². The molecule has 1 unspecified atom stereocenters. The first-order valence-electron chi connectivity index (χ1n) is 10.9. The molecule has 0 spiro atoms. The second-order valence-corrected chi connectivity index (χ2v) is 8.66. The first kappa shape index (κ1) is 18.9. The van der Waals surface area contributed by atoms with Gasteiger partial charge in [-0.25, -0.2) is 9.78 Å². The number of aryl methyl sites for hydroxylation is 2. The number of imidazole rings is 1. The van der Waals surface area contributed by atoms with Gasteiger partial charge in [0.1, 0.15) is 11.4 Å². The maximum atomic E-state index is 12.5. The number of aromatic nitrogens is 2. The van der Waals surface area contributed by atoms with Crippen molar-refractivity contribution in [3.05, 3.63) is 106 Å². The molecule has 1 atom stereocenters. The SMILES string of the molecule is Cc1cccc(N2CC(c3cc(=O)oc4ccc(C)cc34)c3nc4ccccc4n3C2)c1. The van der Waals surface area contributed by atoms with E-state index in [1.165, 1.54) is 11.3 Å². The summed E-state index contributed by atoms with van der Waals surface area (Å²) in [5, 5.41) is 0.972. The van der Waals surface area contributed by atoms with E-state index in [0.29, 0.717) is 12.3 Å². The van der Waals surface area contributed by atoms with Crippen LogP contribution in [0.15, 0.2) is 82.0 Å². The Hall–Kier alpha value is -3.86. The third-order valence-electron chi connectivity index (χ3n) is 6.38. The summed E-state index contributed by atoms with van der Waals surface area (Å²) in [7, 11) is 0. The molecule has 6 rings (SSSR count). The number of benzene rings is 3. The molecule has 3 aromatic carbocycles. The van der Waals surface area contributed by atoms with Crippen LogP contribution in [-0.4, -0.2) is 16.1 Å². The lowest BCUT2D eigenvalue weighted by Crippen LogP contribution is -2.38. The second kappa shape index (κ2) is 7.09. The van der Waals surface area contributed by atoms with Crippen molar-refractivity contribution in [2.24, 2.45) is 0 Å². The van der Waals surface area contributed by atoms with Crippen molar-refractivity contribution in [1.82, 2.24) is 9.55 Å². The summed E-state index contributed by atoms with van der Waals surface area (Å²) in [6, 6.07) is 24.4. The van der Waals surface area contributed by atoms with Crippen LogP contribution in [0.4, 0.5) is 5.69 Å². The van der Waals surface area contributed by atoms with Gasteiger partial charge in [0.25, 0.3) is 0 Å². The van der Waals surface area contributed by atoms with Crippen LogP contribution in [-0.2, 0) is 6.67 Å². The predicted molar refractivity (Wildman–Crippen MR) is 127 cm³/mol. The monoisotopic (exact) mass is 421 g/mol. The van der Waals surface area contributed by atoms with E-state index in [0.717, 1.165) is 39.9 Å². The molecule has 5 heteroatoms. The molecule has 0 fully saturated rings. The second-order valence-electron chi connectivity index (χ2n) is 8.66. The van der Waals surface area contributed by atoms with E-state index in [4.69, 9.17) is 9.40 Å². The minimum absolute atomic E-state index is 0.0648. The molecule has 1 aliphatic rings.